The fourth-order valence-electron chi connectivity index (χ4n) is 2.80. The normalized spacial score (nSPS) is 13.8. The number of aromatic nitrogens is 1. The van der Waals surface area contributed by atoms with E-state index < -0.39 is 0 Å². The standard InChI is InChI=1S/C18H19Cl2N3O3/c19-12-3-4-13(14(20)9-12)15-10-22-17(26-15)6-5-16(24)21-11-18(25)23-7-1-2-8-23/h3-4,9-10H,1-2,5-8,11H2,(H,21,24). The van der Waals surface area contributed by atoms with Gasteiger partial charge < -0.3 is 14.6 Å². The van der Waals surface area contributed by atoms with Gasteiger partial charge in [0.1, 0.15) is 0 Å². The van der Waals surface area contributed by atoms with E-state index in [-0.39, 0.29) is 24.8 Å². The molecule has 0 spiro atoms. The van der Waals surface area contributed by atoms with Crippen LogP contribution >= 0.6 is 23.2 Å². The van der Waals surface area contributed by atoms with Gasteiger partial charge in [0.15, 0.2) is 11.7 Å². The minimum Gasteiger partial charge on any atom is -0.441 e. The molecule has 2 aromatic rings. The zero-order chi connectivity index (χ0) is 18.5. The summed E-state index contributed by atoms with van der Waals surface area (Å²) in [5.41, 5.74) is 0.690. The summed E-state index contributed by atoms with van der Waals surface area (Å²) in [6.07, 6.45) is 4.17. The van der Waals surface area contributed by atoms with Gasteiger partial charge in [-0.25, -0.2) is 4.98 Å². The van der Waals surface area contributed by atoms with E-state index >= 15 is 0 Å². The SMILES string of the molecule is O=C(CCc1ncc(-c2ccc(Cl)cc2Cl)o1)NCC(=O)N1CCCC1. The van der Waals surface area contributed by atoms with Gasteiger partial charge in [0.05, 0.1) is 17.8 Å². The quantitative estimate of drug-likeness (QED) is 0.813. The highest BCUT2D eigenvalue weighted by molar-refractivity contribution is 6.36. The summed E-state index contributed by atoms with van der Waals surface area (Å²) in [7, 11) is 0. The summed E-state index contributed by atoms with van der Waals surface area (Å²) in [5.74, 6) is 0.715. The van der Waals surface area contributed by atoms with Crippen molar-refractivity contribution in [3.05, 3.63) is 40.3 Å². The molecule has 0 bridgehead atoms. The third kappa shape index (κ3) is 4.77. The Morgan fingerprint density at radius 2 is 2.00 bits per heavy atom. The first-order valence-electron chi connectivity index (χ1n) is 8.47. The van der Waals surface area contributed by atoms with Crippen LogP contribution in [0.5, 0.6) is 0 Å². The van der Waals surface area contributed by atoms with Gasteiger partial charge in [-0.2, -0.15) is 0 Å². The number of carbonyl (C=O) groups excluding carboxylic acids is 2. The van der Waals surface area contributed by atoms with Crippen molar-refractivity contribution in [2.45, 2.75) is 25.7 Å². The number of nitrogens with zero attached hydrogens (tertiary/aromatic N) is 2. The molecule has 3 rings (SSSR count). The molecule has 6 nitrogen and oxygen atoms in total. The first-order chi connectivity index (χ1) is 12.5. The molecule has 0 atom stereocenters. The van der Waals surface area contributed by atoms with Crippen molar-refractivity contribution >= 4 is 35.0 Å². The lowest BCUT2D eigenvalue weighted by atomic mass is 10.2. The summed E-state index contributed by atoms with van der Waals surface area (Å²) < 4.78 is 5.65. The molecule has 2 amide bonds. The molecule has 138 valence electrons. The van der Waals surface area contributed by atoms with E-state index in [1.807, 2.05) is 0 Å². The highest BCUT2D eigenvalue weighted by Gasteiger charge is 2.18. The molecule has 1 N–H and O–H groups in total. The third-order valence-corrected chi connectivity index (χ3v) is 4.76. The number of carbonyl (C=O) groups is 2. The van der Waals surface area contributed by atoms with Gasteiger partial charge >= 0.3 is 0 Å². The number of halogens is 2. The first-order valence-corrected chi connectivity index (χ1v) is 9.23. The van der Waals surface area contributed by atoms with E-state index in [2.05, 4.69) is 10.3 Å². The highest BCUT2D eigenvalue weighted by atomic mass is 35.5. The molecule has 0 saturated carbocycles. The zero-order valence-electron chi connectivity index (χ0n) is 14.1. The lowest BCUT2D eigenvalue weighted by molar-refractivity contribution is -0.132. The molecule has 1 aromatic heterocycles. The molecule has 8 heteroatoms. The van der Waals surface area contributed by atoms with Crippen LogP contribution in [0.2, 0.25) is 10.0 Å². The average Bonchev–Trinajstić information content (AvgIpc) is 3.29. The van der Waals surface area contributed by atoms with Crippen molar-refractivity contribution in [2.75, 3.05) is 19.6 Å². The number of hydrogen-bond donors (Lipinski definition) is 1. The first kappa shape index (κ1) is 18.7. The summed E-state index contributed by atoms with van der Waals surface area (Å²) in [5, 5.41) is 3.66. The van der Waals surface area contributed by atoms with E-state index in [9.17, 15) is 9.59 Å². The molecule has 1 aliphatic rings. The molecular formula is C18H19Cl2N3O3. The number of rotatable bonds is 6. The van der Waals surface area contributed by atoms with Gasteiger partial charge in [-0.05, 0) is 31.0 Å². The van der Waals surface area contributed by atoms with Crippen LogP contribution in [0.3, 0.4) is 0 Å². The fraction of sp³-hybridized carbons (Fsp3) is 0.389. The third-order valence-electron chi connectivity index (χ3n) is 4.21. The Hall–Kier alpha value is -2.05. The minimum atomic E-state index is -0.207. The summed E-state index contributed by atoms with van der Waals surface area (Å²) in [6.45, 7) is 1.60. The molecule has 1 saturated heterocycles. The summed E-state index contributed by atoms with van der Waals surface area (Å²) in [6, 6.07) is 5.10. The number of amides is 2. The van der Waals surface area contributed by atoms with E-state index in [4.69, 9.17) is 27.6 Å². The van der Waals surface area contributed by atoms with Gasteiger partial charge in [0, 0.05) is 36.5 Å². The molecule has 1 aromatic carbocycles. The number of benzene rings is 1. The van der Waals surface area contributed by atoms with Crippen LogP contribution in [-0.4, -0.2) is 41.3 Å². The molecule has 1 aliphatic heterocycles. The number of likely N-dealkylation sites (tertiary alicyclic amines) is 1. The molecular weight excluding hydrogens is 377 g/mol. The lowest BCUT2D eigenvalue weighted by Gasteiger charge is -2.15. The van der Waals surface area contributed by atoms with Crippen LogP contribution in [0.25, 0.3) is 11.3 Å². The molecule has 1 fully saturated rings. The van der Waals surface area contributed by atoms with Crippen LogP contribution in [0, 0.1) is 0 Å². The van der Waals surface area contributed by atoms with Crippen molar-refractivity contribution in [3.8, 4) is 11.3 Å². The summed E-state index contributed by atoms with van der Waals surface area (Å²) in [4.78, 5) is 29.8. The van der Waals surface area contributed by atoms with Crippen molar-refractivity contribution in [1.82, 2.24) is 15.2 Å². The van der Waals surface area contributed by atoms with Crippen LogP contribution < -0.4 is 5.32 Å². The van der Waals surface area contributed by atoms with Crippen LogP contribution in [0.4, 0.5) is 0 Å². The largest absolute Gasteiger partial charge is 0.441 e. The summed E-state index contributed by atoms with van der Waals surface area (Å²) >= 11 is 12.0. The maximum absolute atomic E-state index is 11.9. The number of hydrogen-bond acceptors (Lipinski definition) is 4. The van der Waals surface area contributed by atoms with E-state index in [0.29, 0.717) is 33.7 Å². The van der Waals surface area contributed by atoms with Crippen molar-refractivity contribution in [1.29, 1.82) is 0 Å². The van der Waals surface area contributed by atoms with Crippen LogP contribution in [-0.2, 0) is 16.0 Å². The second-order valence-corrected chi connectivity index (χ2v) is 6.95. The van der Waals surface area contributed by atoms with Gasteiger partial charge in [-0.1, -0.05) is 23.2 Å². The molecule has 0 radical (unpaired) electrons. The van der Waals surface area contributed by atoms with Crippen molar-refractivity contribution < 1.29 is 14.0 Å². The molecule has 2 heterocycles. The van der Waals surface area contributed by atoms with Crippen LogP contribution in [0.1, 0.15) is 25.2 Å². The van der Waals surface area contributed by atoms with Crippen molar-refractivity contribution in [2.24, 2.45) is 0 Å². The van der Waals surface area contributed by atoms with E-state index in [1.54, 1.807) is 29.3 Å². The molecule has 0 aliphatic carbocycles. The van der Waals surface area contributed by atoms with Gasteiger partial charge in [-0.15, -0.1) is 0 Å². The lowest BCUT2D eigenvalue weighted by Crippen LogP contribution is -2.38. The predicted molar refractivity (Wildman–Crippen MR) is 99.1 cm³/mol. The van der Waals surface area contributed by atoms with E-state index in [0.717, 1.165) is 25.9 Å². The second kappa shape index (κ2) is 8.56. The Bertz CT molecular complexity index is 801. The number of nitrogens with one attached hydrogen (secondary N) is 1. The maximum Gasteiger partial charge on any atom is 0.241 e. The topological polar surface area (TPSA) is 75.4 Å². The van der Waals surface area contributed by atoms with Gasteiger partial charge in [-0.3, -0.25) is 9.59 Å². The highest BCUT2D eigenvalue weighted by Crippen LogP contribution is 2.30. The van der Waals surface area contributed by atoms with E-state index in [1.165, 1.54) is 0 Å². The number of oxazole rings is 1. The molecule has 0 unspecified atom stereocenters. The Balaban J connectivity index is 1.48. The van der Waals surface area contributed by atoms with Gasteiger partial charge in [0.2, 0.25) is 11.8 Å². The van der Waals surface area contributed by atoms with Crippen LogP contribution in [0.15, 0.2) is 28.8 Å². The van der Waals surface area contributed by atoms with Gasteiger partial charge in [0.25, 0.3) is 0 Å². The molecule has 26 heavy (non-hydrogen) atoms. The average molecular weight is 396 g/mol. The van der Waals surface area contributed by atoms with Crippen molar-refractivity contribution in [3.63, 3.8) is 0 Å². The maximum atomic E-state index is 11.9. The smallest absolute Gasteiger partial charge is 0.241 e. The Labute approximate surface area is 161 Å². The Kier molecular flexibility index (Phi) is 6.16. The second-order valence-electron chi connectivity index (χ2n) is 6.11. The predicted octanol–water partition coefficient (Wildman–Crippen LogP) is 3.32. The Morgan fingerprint density at radius 3 is 2.73 bits per heavy atom. The monoisotopic (exact) mass is 395 g/mol. The Morgan fingerprint density at radius 1 is 1.23 bits per heavy atom. The fourth-order valence-corrected chi connectivity index (χ4v) is 3.30. The number of aryl methyl sites for hydroxylation is 1. The minimum absolute atomic E-state index is 0.0355. The zero-order valence-corrected chi connectivity index (χ0v) is 15.6.